The van der Waals surface area contributed by atoms with Gasteiger partial charge < -0.3 is 15.4 Å². The second kappa shape index (κ2) is 6.27. The van der Waals surface area contributed by atoms with Gasteiger partial charge in [0.1, 0.15) is 0 Å². The molecule has 0 spiro atoms. The van der Waals surface area contributed by atoms with Crippen LogP contribution in [0, 0.1) is 0 Å². The van der Waals surface area contributed by atoms with E-state index in [9.17, 15) is 0 Å². The van der Waals surface area contributed by atoms with Crippen LogP contribution >= 0.6 is 0 Å². The van der Waals surface area contributed by atoms with E-state index in [4.69, 9.17) is 4.74 Å². The van der Waals surface area contributed by atoms with Crippen molar-refractivity contribution in [3.63, 3.8) is 0 Å². The summed E-state index contributed by atoms with van der Waals surface area (Å²) >= 11 is 0. The van der Waals surface area contributed by atoms with Crippen LogP contribution in [0.1, 0.15) is 30.7 Å². The van der Waals surface area contributed by atoms with Crippen molar-refractivity contribution in [3.05, 3.63) is 35.9 Å². The van der Waals surface area contributed by atoms with Crippen molar-refractivity contribution in [1.82, 2.24) is 10.6 Å². The molecule has 2 fully saturated rings. The Kier molecular flexibility index (Phi) is 4.21. The predicted octanol–water partition coefficient (Wildman–Crippen LogP) is 1.89. The third-order valence-electron chi connectivity index (χ3n) is 4.09. The third-order valence-corrected chi connectivity index (χ3v) is 4.09. The zero-order valence-electron chi connectivity index (χ0n) is 12.0. The van der Waals surface area contributed by atoms with E-state index >= 15 is 0 Å². The van der Waals surface area contributed by atoms with Crippen LogP contribution in [0.15, 0.2) is 35.3 Å². The highest BCUT2D eigenvalue weighted by Gasteiger charge is 2.38. The lowest BCUT2D eigenvalue weighted by molar-refractivity contribution is 0.114. The van der Waals surface area contributed by atoms with Crippen molar-refractivity contribution in [3.8, 4) is 0 Å². The van der Waals surface area contributed by atoms with Gasteiger partial charge in [0, 0.05) is 32.2 Å². The summed E-state index contributed by atoms with van der Waals surface area (Å²) < 4.78 is 5.61. The van der Waals surface area contributed by atoms with E-state index in [-0.39, 0.29) is 0 Å². The highest BCUT2D eigenvalue weighted by Crippen LogP contribution is 2.40. The fraction of sp³-hybridized carbons (Fsp3) is 0.562. The summed E-state index contributed by atoms with van der Waals surface area (Å²) in [4.78, 5) is 4.30. The predicted molar refractivity (Wildman–Crippen MR) is 81.1 cm³/mol. The molecule has 1 saturated heterocycles. The number of nitrogens with zero attached hydrogens (tertiary/aromatic N) is 1. The first kappa shape index (κ1) is 13.4. The molecule has 3 atom stereocenters. The normalized spacial score (nSPS) is 29.2. The van der Waals surface area contributed by atoms with E-state index < -0.39 is 0 Å². The number of aliphatic imine (C=N–C) groups is 1. The summed E-state index contributed by atoms with van der Waals surface area (Å²) in [5.41, 5.74) is 1.42. The third kappa shape index (κ3) is 3.31. The summed E-state index contributed by atoms with van der Waals surface area (Å²) in [7, 11) is 1.82. The van der Waals surface area contributed by atoms with Gasteiger partial charge in [0.25, 0.3) is 0 Å². The first-order chi connectivity index (χ1) is 9.86. The summed E-state index contributed by atoms with van der Waals surface area (Å²) in [5, 5.41) is 6.87. The average molecular weight is 273 g/mol. The molecule has 2 N–H and O–H groups in total. The Morgan fingerprint density at radius 2 is 2.20 bits per heavy atom. The molecule has 4 nitrogen and oxygen atoms in total. The second-order valence-electron chi connectivity index (χ2n) is 5.59. The first-order valence-electron chi connectivity index (χ1n) is 7.50. The van der Waals surface area contributed by atoms with E-state index in [2.05, 4.69) is 46.0 Å². The smallest absolute Gasteiger partial charge is 0.191 e. The number of benzene rings is 1. The van der Waals surface area contributed by atoms with Crippen LogP contribution in [0.2, 0.25) is 0 Å². The molecule has 1 saturated carbocycles. The summed E-state index contributed by atoms with van der Waals surface area (Å²) in [6.45, 7) is 1.75. The Balaban J connectivity index is 1.45. The van der Waals surface area contributed by atoms with Gasteiger partial charge in [-0.15, -0.1) is 0 Å². The molecular formula is C16H23N3O. The topological polar surface area (TPSA) is 45.7 Å². The SMILES string of the molecule is CN=C(NCC1CCCO1)NC1CC1c1ccccc1. The molecule has 3 unspecified atom stereocenters. The highest BCUT2D eigenvalue weighted by molar-refractivity contribution is 5.80. The van der Waals surface area contributed by atoms with Crippen molar-refractivity contribution < 1.29 is 4.74 Å². The molecule has 0 aromatic heterocycles. The number of nitrogens with one attached hydrogen (secondary N) is 2. The standard InChI is InChI=1S/C16H23N3O/c1-17-16(18-11-13-8-5-9-20-13)19-15-10-14(15)12-6-3-2-4-7-12/h2-4,6-7,13-15H,5,8-11H2,1H3,(H2,17,18,19). The van der Waals surface area contributed by atoms with Crippen molar-refractivity contribution >= 4 is 5.96 Å². The maximum Gasteiger partial charge on any atom is 0.191 e. The molecule has 2 aliphatic rings. The van der Waals surface area contributed by atoms with Crippen LogP contribution in [0.3, 0.4) is 0 Å². The Morgan fingerprint density at radius 3 is 2.90 bits per heavy atom. The van der Waals surface area contributed by atoms with Gasteiger partial charge in [0.2, 0.25) is 0 Å². The van der Waals surface area contributed by atoms with Crippen LogP contribution < -0.4 is 10.6 Å². The first-order valence-corrected chi connectivity index (χ1v) is 7.50. The Bertz CT molecular complexity index is 454. The van der Waals surface area contributed by atoms with Gasteiger partial charge in [-0.05, 0) is 24.8 Å². The fourth-order valence-corrected chi connectivity index (χ4v) is 2.81. The number of guanidine groups is 1. The van der Waals surface area contributed by atoms with Crippen molar-refractivity contribution in [2.45, 2.75) is 37.3 Å². The number of ether oxygens (including phenoxy) is 1. The van der Waals surface area contributed by atoms with Crippen molar-refractivity contribution in [1.29, 1.82) is 0 Å². The van der Waals surface area contributed by atoms with Gasteiger partial charge in [-0.2, -0.15) is 0 Å². The second-order valence-corrected chi connectivity index (χ2v) is 5.59. The molecule has 0 radical (unpaired) electrons. The Labute approximate surface area is 120 Å². The highest BCUT2D eigenvalue weighted by atomic mass is 16.5. The van der Waals surface area contributed by atoms with Crippen LogP contribution in [0.25, 0.3) is 0 Å². The quantitative estimate of drug-likeness (QED) is 0.650. The van der Waals surface area contributed by atoms with Gasteiger partial charge in [-0.1, -0.05) is 30.3 Å². The molecule has 1 aromatic carbocycles. The molecule has 1 heterocycles. The zero-order chi connectivity index (χ0) is 13.8. The van der Waals surface area contributed by atoms with E-state index in [1.807, 2.05) is 7.05 Å². The molecule has 1 aliphatic carbocycles. The van der Waals surface area contributed by atoms with Crippen molar-refractivity contribution in [2.75, 3.05) is 20.2 Å². The van der Waals surface area contributed by atoms with Crippen LogP contribution in [0.4, 0.5) is 0 Å². The summed E-state index contributed by atoms with van der Waals surface area (Å²) in [6, 6.07) is 11.2. The molecule has 1 aliphatic heterocycles. The maximum absolute atomic E-state index is 5.61. The van der Waals surface area contributed by atoms with E-state index in [1.54, 1.807) is 0 Å². The van der Waals surface area contributed by atoms with Crippen LogP contribution in [-0.2, 0) is 4.74 Å². The molecule has 0 amide bonds. The minimum absolute atomic E-state index is 0.345. The van der Waals surface area contributed by atoms with Crippen LogP contribution in [0.5, 0.6) is 0 Å². The van der Waals surface area contributed by atoms with Gasteiger partial charge >= 0.3 is 0 Å². The van der Waals surface area contributed by atoms with E-state index in [1.165, 1.54) is 18.4 Å². The minimum atomic E-state index is 0.345. The lowest BCUT2D eigenvalue weighted by Crippen LogP contribution is -2.42. The van der Waals surface area contributed by atoms with E-state index in [0.717, 1.165) is 25.5 Å². The molecule has 1 aromatic rings. The van der Waals surface area contributed by atoms with Crippen molar-refractivity contribution in [2.24, 2.45) is 4.99 Å². The van der Waals surface area contributed by atoms with Gasteiger partial charge in [0.15, 0.2) is 5.96 Å². The lowest BCUT2D eigenvalue weighted by Gasteiger charge is -2.15. The minimum Gasteiger partial charge on any atom is -0.376 e. The lowest BCUT2D eigenvalue weighted by atomic mass is 10.1. The molecule has 20 heavy (non-hydrogen) atoms. The molecule has 3 rings (SSSR count). The number of rotatable bonds is 4. The average Bonchev–Trinajstić information content (AvgIpc) is 3.06. The summed E-state index contributed by atoms with van der Waals surface area (Å²) in [6.07, 6.45) is 3.86. The molecule has 108 valence electrons. The maximum atomic E-state index is 5.61. The molecule has 0 bridgehead atoms. The summed E-state index contributed by atoms with van der Waals surface area (Å²) in [5.74, 6) is 1.52. The van der Waals surface area contributed by atoms with Gasteiger partial charge in [0.05, 0.1) is 6.10 Å². The molecular weight excluding hydrogens is 250 g/mol. The van der Waals surface area contributed by atoms with Crippen LogP contribution in [-0.4, -0.2) is 38.3 Å². The largest absolute Gasteiger partial charge is 0.376 e. The number of hydrogen-bond acceptors (Lipinski definition) is 2. The fourth-order valence-electron chi connectivity index (χ4n) is 2.81. The Hall–Kier alpha value is -1.55. The Morgan fingerprint density at radius 1 is 1.35 bits per heavy atom. The zero-order valence-corrected chi connectivity index (χ0v) is 12.0. The van der Waals surface area contributed by atoms with E-state index in [0.29, 0.717) is 18.1 Å². The van der Waals surface area contributed by atoms with Gasteiger partial charge in [-0.25, -0.2) is 0 Å². The molecule has 4 heteroatoms. The monoisotopic (exact) mass is 273 g/mol. The van der Waals surface area contributed by atoms with Gasteiger partial charge in [-0.3, -0.25) is 4.99 Å². The number of hydrogen-bond donors (Lipinski definition) is 2.